The van der Waals surface area contributed by atoms with Gasteiger partial charge in [0.25, 0.3) is 0 Å². The molecule has 4 rings (SSSR count). The predicted molar refractivity (Wildman–Crippen MR) is 103 cm³/mol. The number of hydrogen-bond acceptors (Lipinski definition) is 3. The van der Waals surface area contributed by atoms with Gasteiger partial charge in [-0.25, -0.2) is 9.48 Å². The topological polar surface area (TPSA) is 62.2 Å². The quantitative estimate of drug-likeness (QED) is 0.887. The summed E-state index contributed by atoms with van der Waals surface area (Å²) in [5, 5.41) is 10.7. The average Bonchev–Trinajstić information content (AvgIpc) is 3.46. The normalized spacial score (nSPS) is 18.7. The number of aryl methyl sites for hydroxylation is 1. The molecule has 0 atom stereocenters. The molecule has 1 saturated carbocycles. The number of hydrogen-bond donors (Lipinski definition) is 2. The molecule has 1 aromatic heterocycles. The minimum Gasteiger partial charge on any atom is -0.335 e. The van der Waals surface area contributed by atoms with E-state index < -0.39 is 0 Å². The van der Waals surface area contributed by atoms with E-state index in [1.54, 1.807) is 0 Å². The summed E-state index contributed by atoms with van der Waals surface area (Å²) < 4.78 is 1.87. The van der Waals surface area contributed by atoms with Gasteiger partial charge in [0.2, 0.25) is 0 Å². The van der Waals surface area contributed by atoms with Crippen molar-refractivity contribution >= 4 is 11.7 Å². The molecule has 26 heavy (non-hydrogen) atoms. The van der Waals surface area contributed by atoms with Gasteiger partial charge in [0.1, 0.15) is 0 Å². The highest BCUT2D eigenvalue weighted by Crippen LogP contribution is 2.29. The van der Waals surface area contributed by atoms with Gasteiger partial charge in [-0.05, 0) is 51.7 Å². The monoisotopic (exact) mass is 353 g/mol. The third-order valence-electron chi connectivity index (χ3n) is 5.46. The van der Waals surface area contributed by atoms with E-state index in [2.05, 4.69) is 20.6 Å². The Hall–Kier alpha value is -2.34. The Bertz CT molecular complexity index is 773. The van der Waals surface area contributed by atoms with E-state index in [1.807, 2.05) is 48.9 Å². The summed E-state index contributed by atoms with van der Waals surface area (Å²) in [6.07, 6.45) is 4.77. The minimum atomic E-state index is -0.131. The van der Waals surface area contributed by atoms with E-state index in [1.165, 1.54) is 12.8 Å². The number of carbonyl (C=O) groups excluding carboxylic acids is 1. The zero-order valence-corrected chi connectivity index (χ0v) is 15.5. The summed E-state index contributed by atoms with van der Waals surface area (Å²) >= 11 is 0. The van der Waals surface area contributed by atoms with Crippen LogP contribution in [0.3, 0.4) is 0 Å². The third kappa shape index (κ3) is 3.60. The highest BCUT2D eigenvalue weighted by atomic mass is 16.2. The molecule has 0 spiro atoms. The highest BCUT2D eigenvalue weighted by molar-refractivity contribution is 5.90. The summed E-state index contributed by atoms with van der Waals surface area (Å²) in [4.78, 5) is 15.0. The Morgan fingerprint density at radius 1 is 1.08 bits per heavy atom. The largest absolute Gasteiger partial charge is 0.335 e. The molecule has 2 aliphatic rings. The maximum absolute atomic E-state index is 12.5. The maximum atomic E-state index is 12.5. The van der Waals surface area contributed by atoms with Gasteiger partial charge in [0.15, 0.2) is 0 Å². The molecule has 2 N–H and O–H groups in total. The Balaban J connectivity index is 1.38. The Morgan fingerprint density at radius 2 is 1.77 bits per heavy atom. The number of nitrogens with zero attached hydrogens (tertiary/aromatic N) is 3. The zero-order chi connectivity index (χ0) is 18.1. The van der Waals surface area contributed by atoms with Crippen molar-refractivity contribution in [3.8, 4) is 5.69 Å². The molecule has 1 aliphatic carbocycles. The summed E-state index contributed by atoms with van der Waals surface area (Å²) in [7, 11) is 0. The number of carbonyl (C=O) groups is 1. The molecule has 138 valence electrons. The van der Waals surface area contributed by atoms with Gasteiger partial charge < -0.3 is 15.5 Å². The number of rotatable bonds is 4. The Morgan fingerprint density at radius 3 is 2.42 bits per heavy atom. The first-order valence-electron chi connectivity index (χ1n) is 9.55. The van der Waals surface area contributed by atoms with Crippen LogP contribution in [0.15, 0.2) is 30.3 Å². The Labute approximate surface area is 154 Å². The van der Waals surface area contributed by atoms with E-state index in [9.17, 15) is 4.79 Å². The van der Waals surface area contributed by atoms with E-state index >= 15 is 0 Å². The molecule has 1 aromatic carbocycles. The molecule has 2 fully saturated rings. The molecule has 1 saturated heterocycles. The van der Waals surface area contributed by atoms with E-state index in [4.69, 9.17) is 0 Å². The predicted octanol–water partition coefficient (Wildman–Crippen LogP) is 3.24. The highest BCUT2D eigenvalue weighted by Gasteiger charge is 2.32. The Kier molecular flexibility index (Phi) is 4.68. The van der Waals surface area contributed by atoms with Gasteiger partial charge in [-0.3, -0.25) is 0 Å². The molecule has 6 nitrogen and oxygen atoms in total. The molecule has 2 aromatic rings. The van der Waals surface area contributed by atoms with Gasteiger partial charge in [-0.2, -0.15) is 5.10 Å². The fourth-order valence-electron chi connectivity index (χ4n) is 3.83. The standard InChI is InChI=1S/C20H27N5O/c1-14-19(15(2)25(23-14)18-6-4-3-5-7-18)22-20(26)21-16-10-12-24(13-11-16)17-8-9-17/h3-7,16-17H,8-13H2,1-2H3,(H2,21,22,26). The summed E-state index contributed by atoms with van der Waals surface area (Å²) in [5.74, 6) is 0. The van der Waals surface area contributed by atoms with E-state index in [0.29, 0.717) is 0 Å². The van der Waals surface area contributed by atoms with Gasteiger partial charge in [-0.15, -0.1) is 0 Å². The van der Waals surface area contributed by atoms with Crippen molar-refractivity contribution in [1.82, 2.24) is 20.0 Å². The van der Waals surface area contributed by atoms with Crippen molar-refractivity contribution in [3.63, 3.8) is 0 Å². The molecule has 0 bridgehead atoms. The van der Waals surface area contributed by atoms with Gasteiger partial charge in [0, 0.05) is 25.2 Å². The van der Waals surface area contributed by atoms with Crippen molar-refractivity contribution in [1.29, 1.82) is 0 Å². The van der Waals surface area contributed by atoms with Crippen LogP contribution >= 0.6 is 0 Å². The molecular formula is C20H27N5O. The zero-order valence-electron chi connectivity index (χ0n) is 15.5. The average molecular weight is 353 g/mol. The minimum absolute atomic E-state index is 0.131. The SMILES string of the molecule is Cc1nn(-c2ccccc2)c(C)c1NC(=O)NC1CCN(C2CC2)CC1. The van der Waals surface area contributed by atoms with Crippen LogP contribution in [0.5, 0.6) is 0 Å². The maximum Gasteiger partial charge on any atom is 0.319 e. The van der Waals surface area contributed by atoms with Gasteiger partial charge in [-0.1, -0.05) is 18.2 Å². The van der Waals surface area contributed by atoms with Crippen LogP contribution in [-0.2, 0) is 0 Å². The van der Waals surface area contributed by atoms with Crippen LogP contribution in [-0.4, -0.2) is 45.9 Å². The third-order valence-corrected chi connectivity index (χ3v) is 5.46. The first kappa shape index (κ1) is 17.1. The van der Waals surface area contributed by atoms with Crippen LogP contribution in [0.25, 0.3) is 5.69 Å². The van der Waals surface area contributed by atoms with Crippen molar-refractivity contribution in [2.24, 2.45) is 0 Å². The lowest BCUT2D eigenvalue weighted by Gasteiger charge is -2.32. The number of nitrogens with one attached hydrogen (secondary N) is 2. The van der Waals surface area contributed by atoms with Crippen LogP contribution in [0.1, 0.15) is 37.1 Å². The van der Waals surface area contributed by atoms with Gasteiger partial charge >= 0.3 is 6.03 Å². The lowest BCUT2D eigenvalue weighted by Crippen LogP contribution is -2.46. The van der Waals surface area contributed by atoms with Crippen LogP contribution in [0.2, 0.25) is 0 Å². The molecule has 2 heterocycles. The fourth-order valence-corrected chi connectivity index (χ4v) is 3.83. The van der Waals surface area contributed by atoms with E-state index in [0.717, 1.165) is 54.7 Å². The smallest absolute Gasteiger partial charge is 0.319 e. The second-order valence-electron chi connectivity index (χ2n) is 7.43. The molecule has 1 aliphatic heterocycles. The first-order valence-corrected chi connectivity index (χ1v) is 9.55. The molecular weight excluding hydrogens is 326 g/mol. The second-order valence-corrected chi connectivity index (χ2v) is 7.43. The summed E-state index contributed by atoms with van der Waals surface area (Å²) in [6.45, 7) is 6.10. The van der Waals surface area contributed by atoms with Crippen molar-refractivity contribution < 1.29 is 4.79 Å². The number of para-hydroxylation sites is 1. The lowest BCUT2D eigenvalue weighted by molar-refractivity contribution is 0.189. The molecule has 0 radical (unpaired) electrons. The first-order chi connectivity index (χ1) is 12.6. The number of likely N-dealkylation sites (tertiary alicyclic amines) is 1. The second kappa shape index (κ2) is 7.11. The number of benzene rings is 1. The molecule has 6 heteroatoms. The van der Waals surface area contributed by atoms with Crippen molar-refractivity contribution in [2.75, 3.05) is 18.4 Å². The number of amides is 2. The molecule has 0 unspecified atom stereocenters. The van der Waals surface area contributed by atoms with Crippen molar-refractivity contribution in [3.05, 3.63) is 41.7 Å². The summed E-state index contributed by atoms with van der Waals surface area (Å²) in [5.41, 5.74) is 3.55. The molecule has 2 amide bonds. The lowest BCUT2D eigenvalue weighted by atomic mass is 10.1. The van der Waals surface area contributed by atoms with Crippen LogP contribution in [0.4, 0.5) is 10.5 Å². The fraction of sp³-hybridized carbons (Fsp3) is 0.500. The van der Waals surface area contributed by atoms with Crippen molar-refractivity contribution in [2.45, 2.75) is 51.6 Å². The van der Waals surface area contributed by atoms with Gasteiger partial charge in [0.05, 0.1) is 22.8 Å². The number of anilines is 1. The summed E-state index contributed by atoms with van der Waals surface area (Å²) in [6, 6.07) is 10.9. The number of piperidine rings is 1. The number of aromatic nitrogens is 2. The number of urea groups is 1. The van der Waals surface area contributed by atoms with E-state index in [-0.39, 0.29) is 12.1 Å². The van der Waals surface area contributed by atoms with Crippen LogP contribution in [0, 0.1) is 13.8 Å². The van der Waals surface area contributed by atoms with Crippen LogP contribution < -0.4 is 10.6 Å².